The average molecular weight is 443 g/mol. The van der Waals surface area contributed by atoms with E-state index in [2.05, 4.69) is 0 Å². The van der Waals surface area contributed by atoms with Gasteiger partial charge in [0, 0.05) is 37.8 Å². The predicted molar refractivity (Wildman–Crippen MR) is 107 cm³/mol. The van der Waals surface area contributed by atoms with E-state index in [-0.39, 0.29) is 47.0 Å². The molecule has 5 nitrogen and oxygen atoms in total. The number of nitrogens with zero attached hydrogens (tertiary/aromatic N) is 2. The number of carbonyl (C=O) groups is 1. The Kier molecular flexibility index (Phi) is 6.40. The molecule has 1 amide bonds. The van der Waals surface area contributed by atoms with Gasteiger partial charge in [-0.15, -0.1) is 0 Å². The minimum absolute atomic E-state index is 0.0181. The molecule has 0 unspecified atom stereocenters. The molecule has 148 valence electrons. The molecule has 0 atom stereocenters. The van der Waals surface area contributed by atoms with Crippen LogP contribution in [0.2, 0.25) is 10.0 Å². The fraction of sp³-hybridized carbons (Fsp3) is 0.211. The molecule has 0 radical (unpaired) electrons. The summed E-state index contributed by atoms with van der Waals surface area (Å²) in [4.78, 5) is 13.8. The summed E-state index contributed by atoms with van der Waals surface area (Å²) in [6, 6.07) is 10.6. The van der Waals surface area contributed by atoms with Gasteiger partial charge in [-0.25, -0.2) is 12.8 Å². The summed E-state index contributed by atoms with van der Waals surface area (Å²) < 4.78 is 40.5. The molecule has 28 heavy (non-hydrogen) atoms. The zero-order valence-corrected chi connectivity index (χ0v) is 17.0. The number of sulfonamides is 1. The monoisotopic (exact) mass is 442 g/mol. The first kappa shape index (κ1) is 20.8. The summed E-state index contributed by atoms with van der Waals surface area (Å²) in [5, 5.41) is 0.144. The second kappa shape index (κ2) is 8.61. The Morgan fingerprint density at radius 2 is 1.68 bits per heavy atom. The number of rotatable bonds is 4. The van der Waals surface area contributed by atoms with Crippen LogP contribution in [0, 0.1) is 5.82 Å². The molecule has 2 aromatic carbocycles. The number of benzene rings is 2. The average Bonchev–Trinajstić information content (AvgIpc) is 2.69. The van der Waals surface area contributed by atoms with Crippen molar-refractivity contribution in [3.8, 4) is 0 Å². The molecule has 3 rings (SSSR count). The highest BCUT2D eigenvalue weighted by molar-refractivity contribution is 7.89. The maximum atomic E-state index is 13.6. The van der Waals surface area contributed by atoms with E-state index in [1.165, 1.54) is 45.6 Å². The van der Waals surface area contributed by atoms with Gasteiger partial charge < -0.3 is 4.90 Å². The SMILES string of the molecule is O=C(/C=C/c1ccccc1F)N1CCN(S(=O)(=O)c2cccc(Cl)c2Cl)CC1. The van der Waals surface area contributed by atoms with Crippen LogP contribution in [0.3, 0.4) is 0 Å². The Labute approximate surface area is 173 Å². The van der Waals surface area contributed by atoms with Gasteiger partial charge in [0.25, 0.3) is 0 Å². The number of amides is 1. The molecule has 0 bridgehead atoms. The molecule has 1 fully saturated rings. The van der Waals surface area contributed by atoms with Crippen LogP contribution in [-0.4, -0.2) is 49.7 Å². The standard InChI is InChI=1S/C19H17Cl2FN2O3S/c20-15-5-3-7-17(19(15)21)28(26,27)24-12-10-23(11-13-24)18(25)9-8-14-4-1-2-6-16(14)22/h1-9H,10-13H2/b9-8+. The molecule has 1 heterocycles. The lowest BCUT2D eigenvalue weighted by atomic mass is 10.2. The van der Waals surface area contributed by atoms with Crippen LogP contribution in [0.5, 0.6) is 0 Å². The van der Waals surface area contributed by atoms with Gasteiger partial charge in [0.05, 0.1) is 10.0 Å². The summed E-state index contributed by atoms with van der Waals surface area (Å²) in [5.74, 6) is -0.720. The van der Waals surface area contributed by atoms with E-state index < -0.39 is 15.8 Å². The highest BCUT2D eigenvalue weighted by Gasteiger charge is 2.31. The largest absolute Gasteiger partial charge is 0.337 e. The summed E-state index contributed by atoms with van der Waals surface area (Å²) >= 11 is 12.0. The minimum Gasteiger partial charge on any atom is -0.337 e. The van der Waals surface area contributed by atoms with Crippen LogP contribution >= 0.6 is 23.2 Å². The molecule has 0 spiro atoms. The number of halogens is 3. The normalized spacial score (nSPS) is 15.9. The van der Waals surface area contributed by atoms with Crippen LogP contribution in [0.1, 0.15) is 5.56 Å². The van der Waals surface area contributed by atoms with Crippen LogP contribution in [0.4, 0.5) is 4.39 Å². The third-order valence-corrected chi connectivity index (χ3v) is 7.27. The molecule has 0 saturated carbocycles. The number of carbonyl (C=O) groups excluding carboxylic acids is 1. The molecule has 1 aliphatic rings. The molecule has 9 heteroatoms. The Morgan fingerprint density at radius 3 is 2.36 bits per heavy atom. The zero-order valence-electron chi connectivity index (χ0n) is 14.7. The first-order valence-corrected chi connectivity index (χ1v) is 10.7. The molecule has 1 aliphatic heterocycles. The number of piperazine rings is 1. The van der Waals surface area contributed by atoms with E-state index in [4.69, 9.17) is 23.2 Å². The van der Waals surface area contributed by atoms with Gasteiger partial charge in [-0.1, -0.05) is 47.5 Å². The lowest BCUT2D eigenvalue weighted by Gasteiger charge is -2.33. The van der Waals surface area contributed by atoms with E-state index in [0.29, 0.717) is 5.56 Å². The van der Waals surface area contributed by atoms with Crippen molar-refractivity contribution in [3.63, 3.8) is 0 Å². The van der Waals surface area contributed by atoms with Crippen LogP contribution in [0.25, 0.3) is 6.08 Å². The molecular formula is C19H17Cl2FN2O3S. The second-order valence-electron chi connectivity index (χ2n) is 6.14. The number of hydrogen-bond donors (Lipinski definition) is 0. The van der Waals surface area contributed by atoms with Crippen molar-refractivity contribution in [2.45, 2.75) is 4.90 Å². The molecule has 2 aromatic rings. The summed E-state index contributed by atoms with van der Waals surface area (Å²) in [7, 11) is -3.81. The lowest BCUT2D eigenvalue weighted by molar-refractivity contribution is -0.127. The third kappa shape index (κ3) is 4.38. The van der Waals surface area contributed by atoms with Gasteiger partial charge in [0.1, 0.15) is 10.7 Å². The van der Waals surface area contributed by atoms with Gasteiger partial charge in [0.15, 0.2) is 0 Å². The Morgan fingerprint density at radius 1 is 1.00 bits per heavy atom. The maximum Gasteiger partial charge on any atom is 0.246 e. The van der Waals surface area contributed by atoms with Crippen molar-refractivity contribution in [2.24, 2.45) is 0 Å². The van der Waals surface area contributed by atoms with Crippen molar-refractivity contribution >= 4 is 45.2 Å². The fourth-order valence-electron chi connectivity index (χ4n) is 2.85. The summed E-state index contributed by atoms with van der Waals surface area (Å²) in [6.07, 6.45) is 2.70. The van der Waals surface area contributed by atoms with Gasteiger partial charge in [-0.05, 0) is 24.3 Å². The van der Waals surface area contributed by atoms with Crippen molar-refractivity contribution in [2.75, 3.05) is 26.2 Å². The van der Waals surface area contributed by atoms with Crippen molar-refractivity contribution < 1.29 is 17.6 Å². The van der Waals surface area contributed by atoms with Gasteiger partial charge in [-0.3, -0.25) is 4.79 Å². The summed E-state index contributed by atoms with van der Waals surface area (Å²) in [6.45, 7) is 0.699. The van der Waals surface area contributed by atoms with Crippen LogP contribution in [0.15, 0.2) is 53.4 Å². The lowest BCUT2D eigenvalue weighted by Crippen LogP contribution is -2.50. The van der Waals surface area contributed by atoms with Crippen molar-refractivity contribution in [3.05, 3.63) is 70.0 Å². The molecule has 0 N–H and O–H groups in total. The molecule has 0 aliphatic carbocycles. The van der Waals surface area contributed by atoms with E-state index in [0.717, 1.165) is 0 Å². The number of hydrogen-bond acceptors (Lipinski definition) is 3. The highest BCUT2D eigenvalue weighted by atomic mass is 35.5. The van der Waals surface area contributed by atoms with Crippen LogP contribution < -0.4 is 0 Å². The van der Waals surface area contributed by atoms with Gasteiger partial charge in [0.2, 0.25) is 15.9 Å². The zero-order chi connectivity index (χ0) is 20.3. The van der Waals surface area contributed by atoms with Gasteiger partial charge >= 0.3 is 0 Å². The summed E-state index contributed by atoms with van der Waals surface area (Å²) in [5.41, 5.74) is 0.313. The minimum atomic E-state index is -3.81. The topological polar surface area (TPSA) is 57.7 Å². The third-order valence-electron chi connectivity index (χ3n) is 4.39. The Balaban J connectivity index is 1.66. The molecule has 1 saturated heterocycles. The first-order chi connectivity index (χ1) is 13.3. The fourth-order valence-corrected chi connectivity index (χ4v) is 5.01. The Hall–Kier alpha value is -1.93. The second-order valence-corrected chi connectivity index (χ2v) is 8.83. The smallest absolute Gasteiger partial charge is 0.246 e. The van der Waals surface area contributed by atoms with Crippen molar-refractivity contribution in [1.29, 1.82) is 0 Å². The van der Waals surface area contributed by atoms with E-state index in [1.807, 2.05) is 0 Å². The molecule has 0 aromatic heterocycles. The van der Waals surface area contributed by atoms with E-state index in [1.54, 1.807) is 18.2 Å². The highest BCUT2D eigenvalue weighted by Crippen LogP contribution is 2.31. The Bertz CT molecular complexity index is 1020. The first-order valence-electron chi connectivity index (χ1n) is 8.46. The predicted octanol–water partition coefficient (Wildman–Crippen LogP) is 3.68. The van der Waals surface area contributed by atoms with E-state index >= 15 is 0 Å². The van der Waals surface area contributed by atoms with Crippen LogP contribution in [-0.2, 0) is 14.8 Å². The quantitative estimate of drug-likeness (QED) is 0.678. The van der Waals surface area contributed by atoms with Gasteiger partial charge in [-0.2, -0.15) is 4.31 Å². The van der Waals surface area contributed by atoms with Crippen molar-refractivity contribution in [1.82, 2.24) is 9.21 Å². The van der Waals surface area contributed by atoms with E-state index in [9.17, 15) is 17.6 Å². The maximum absolute atomic E-state index is 13.6. The molecular weight excluding hydrogens is 426 g/mol.